The summed E-state index contributed by atoms with van der Waals surface area (Å²) in [7, 11) is -3.12. The molecule has 0 bridgehead atoms. The average Bonchev–Trinajstić information content (AvgIpc) is 2.46. The van der Waals surface area contributed by atoms with Crippen molar-refractivity contribution in [3.05, 3.63) is 24.3 Å². The Kier molecular flexibility index (Phi) is 3.73. The number of hydrogen-bond donors (Lipinski definition) is 0. The van der Waals surface area contributed by atoms with Gasteiger partial charge in [0.25, 0.3) is 0 Å². The topological polar surface area (TPSA) is 46.6 Å². The molecule has 1 aliphatic heterocycles. The fourth-order valence-electron chi connectivity index (χ4n) is 3.30. The second kappa shape index (κ2) is 5.37. The Labute approximate surface area is 120 Å². The van der Waals surface area contributed by atoms with Crippen molar-refractivity contribution < 1.29 is 13.2 Å². The van der Waals surface area contributed by atoms with E-state index < -0.39 is 9.84 Å². The van der Waals surface area contributed by atoms with Gasteiger partial charge >= 0.3 is 0 Å². The van der Waals surface area contributed by atoms with E-state index in [1.165, 1.54) is 25.5 Å². The van der Waals surface area contributed by atoms with Gasteiger partial charge in [-0.2, -0.15) is 0 Å². The van der Waals surface area contributed by atoms with Gasteiger partial charge in [0.05, 0.1) is 23.6 Å². The third-order valence-electron chi connectivity index (χ3n) is 4.33. The number of rotatable bonds is 2. The van der Waals surface area contributed by atoms with E-state index in [4.69, 9.17) is 4.74 Å². The minimum absolute atomic E-state index is 0.340. The van der Waals surface area contributed by atoms with Crippen LogP contribution >= 0.6 is 0 Å². The van der Waals surface area contributed by atoms with Gasteiger partial charge in [-0.25, -0.2) is 8.42 Å². The number of sulfone groups is 1. The monoisotopic (exact) mass is 295 g/mol. The molecule has 110 valence electrons. The van der Waals surface area contributed by atoms with E-state index >= 15 is 0 Å². The Hall–Kier alpha value is -1.07. The van der Waals surface area contributed by atoms with Crippen LogP contribution in [0.3, 0.4) is 0 Å². The second-order valence-corrected chi connectivity index (χ2v) is 7.74. The molecule has 1 saturated carbocycles. The number of hydrogen-bond acceptors (Lipinski definition) is 4. The van der Waals surface area contributed by atoms with Crippen molar-refractivity contribution in [1.29, 1.82) is 0 Å². The fourth-order valence-corrected chi connectivity index (χ4v) is 3.93. The van der Waals surface area contributed by atoms with Gasteiger partial charge in [0.15, 0.2) is 9.84 Å². The van der Waals surface area contributed by atoms with Gasteiger partial charge in [-0.3, -0.25) is 0 Å². The summed E-state index contributed by atoms with van der Waals surface area (Å²) in [5.74, 6) is 0. The SMILES string of the molecule is CS(=O)(=O)c1ccc(N2CCOC3CCCCC32)cc1. The van der Waals surface area contributed by atoms with Gasteiger partial charge in [0.2, 0.25) is 0 Å². The Morgan fingerprint density at radius 1 is 1.15 bits per heavy atom. The van der Waals surface area contributed by atoms with Crippen LogP contribution in [-0.2, 0) is 14.6 Å². The molecule has 0 spiro atoms. The first-order valence-corrected chi connectivity index (χ1v) is 9.13. The van der Waals surface area contributed by atoms with E-state index in [0.717, 1.165) is 25.3 Å². The molecule has 1 aromatic rings. The summed E-state index contributed by atoms with van der Waals surface area (Å²) in [5, 5.41) is 0. The van der Waals surface area contributed by atoms with E-state index in [2.05, 4.69) is 4.90 Å². The molecule has 5 heteroatoms. The molecular weight excluding hydrogens is 274 g/mol. The highest BCUT2D eigenvalue weighted by Crippen LogP contribution is 2.32. The summed E-state index contributed by atoms with van der Waals surface area (Å²) in [6, 6.07) is 7.71. The Balaban J connectivity index is 1.84. The zero-order valence-corrected chi connectivity index (χ0v) is 12.6. The van der Waals surface area contributed by atoms with Gasteiger partial charge in [-0.05, 0) is 37.1 Å². The molecule has 4 nitrogen and oxygen atoms in total. The van der Waals surface area contributed by atoms with Gasteiger partial charge in [0, 0.05) is 18.5 Å². The van der Waals surface area contributed by atoms with Crippen LogP contribution in [-0.4, -0.2) is 40.0 Å². The van der Waals surface area contributed by atoms with Crippen LogP contribution < -0.4 is 4.90 Å². The van der Waals surface area contributed by atoms with Crippen molar-refractivity contribution >= 4 is 15.5 Å². The summed E-state index contributed by atoms with van der Waals surface area (Å²) < 4.78 is 28.9. The molecule has 20 heavy (non-hydrogen) atoms. The zero-order valence-electron chi connectivity index (χ0n) is 11.8. The molecule has 3 rings (SSSR count). The molecule has 0 amide bonds. The second-order valence-electron chi connectivity index (χ2n) is 5.72. The maximum Gasteiger partial charge on any atom is 0.175 e. The first-order chi connectivity index (χ1) is 9.55. The molecule has 2 atom stereocenters. The highest BCUT2D eigenvalue weighted by molar-refractivity contribution is 7.90. The fraction of sp³-hybridized carbons (Fsp3) is 0.600. The molecule has 0 radical (unpaired) electrons. The lowest BCUT2D eigenvalue weighted by Crippen LogP contribution is -2.52. The van der Waals surface area contributed by atoms with Gasteiger partial charge in [-0.15, -0.1) is 0 Å². The molecule has 2 fully saturated rings. The maximum atomic E-state index is 11.5. The van der Waals surface area contributed by atoms with Gasteiger partial charge in [-0.1, -0.05) is 12.8 Å². The molecule has 1 heterocycles. The predicted molar refractivity (Wildman–Crippen MR) is 78.9 cm³/mol. The van der Waals surface area contributed by atoms with Crippen molar-refractivity contribution in [3.8, 4) is 0 Å². The van der Waals surface area contributed by atoms with E-state index in [1.54, 1.807) is 12.1 Å². The smallest absolute Gasteiger partial charge is 0.175 e. The van der Waals surface area contributed by atoms with E-state index in [0.29, 0.717) is 17.0 Å². The van der Waals surface area contributed by atoms with Crippen molar-refractivity contribution in [2.75, 3.05) is 24.3 Å². The number of anilines is 1. The lowest BCUT2D eigenvalue weighted by molar-refractivity contribution is -0.00868. The van der Waals surface area contributed by atoms with E-state index in [-0.39, 0.29) is 0 Å². The van der Waals surface area contributed by atoms with Gasteiger partial charge < -0.3 is 9.64 Å². The Morgan fingerprint density at radius 2 is 1.85 bits per heavy atom. The van der Waals surface area contributed by atoms with E-state index in [9.17, 15) is 8.42 Å². The molecule has 2 aliphatic rings. The summed E-state index contributed by atoms with van der Waals surface area (Å²) in [5.41, 5.74) is 1.11. The zero-order chi connectivity index (χ0) is 14.2. The van der Waals surface area contributed by atoms with Crippen molar-refractivity contribution in [3.63, 3.8) is 0 Å². The first kappa shape index (κ1) is 13.9. The third-order valence-corrected chi connectivity index (χ3v) is 5.46. The molecule has 0 aromatic heterocycles. The summed E-state index contributed by atoms with van der Waals surface area (Å²) in [4.78, 5) is 2.77. The lowest BCUT2D eigenvalue weighted by atomic mass is 9.90. The number of nitrogens with zero attached hydrogens (tertiary/aromatic N) is 1. The van der Waals surface area contributed by atoms with Crippen LogP contribution in [0.25, 0.3) is 0 Å². The lowest BCUT2D eigenvalue weighted by Gasteiger charge is -2.45. The number of ether oxygens (including phenoxy) is 1. The standard InChI is InChI=1S/C15H21NO3S/c1-20(17,18)13-8-6-12(7-9-13)16-10-11-19-15-5-3-2-4-14(15)16/h6-9,14-15H,2-5,10-11H2,1H3. The first-order valence-electron chi connectivity index (χ1n) is 7.24. The third kappa shape index (κ3) is 2.69. The molecule has 1 aromatic carbocycles. The average molecular weight is 295 g/mol. The minimum atomic E-state index is -3.12. The summed E-state index contributed by atoms with van der Waals surface area (Å²) >= 11 is 0. The highest BCUT2D eigenvalue weighted by atomic mass is 32.2. The number of morpholine rings is 1. The van der Waals surface area contributed by atoms with Gasteiger partial charge in [0.1, 0.15) is 0 Å². The number of fused-ring (bicyclic) bond motifs is 1. The quantitative estimate of drug-likeness (QED) is 0.839. The Bertz CT molecular complexity index is 565. The van der Waals surface area contributed by atoms with Crippen molar-refractivity contribution in [2.24, 2.45) is 0 Å². The summed E-state index contributed by atoms with van der Waals surface area (Å²) in [6.07, 6.45) is 6.39. The summed E-state index contributed by atoms with van der Waals surface area (Å²) in [6.45, 7) is 1.65. The maximum absolute atomic E-state index is 11.5. The van der Waals surface area contributed by atoms with Crippen LogP contribution in [0.5, 0.6) is 0 Å². The van der Waals surface area contributed by atoms with Crippen LogP contribution in [0.4, 0.5) is 5.69 Å². The molecule has 2 unspecified atom stereocenters. The molecule has 1 saturated heterocycles. The van der Waals surface area contributed by atoms with Crippen LogP contribution in [0.1, 0.15) is 25.7 Å². The minimum Gasteiger partial charge on any atom is -0.374 e. The largest absolute Gasteiger partial charge is 0.374 e. The number of benzene rings is 1. The van der Waals surface area contributed by atoms with E-state index in [1.807, 2.05) is 12.1 Å². The van der Waals surface area contributed by atoms with Crippen LogP contribution in [0, 0.1) is 0 Å². The highest BCUT2D eigenvalue weighted by Gasteiger charge is 2.34. The predicted octanol–water partition coefficient (Wildman–Crippen LogP) is 2.24. The Morgan fingerprint density at radius 3 is 2.55 bits per heavy atom. The molecule has 0 N–H and O–H groups in total. The van der Waals surface area contributed by atoms with Crippen molar-refractivity contribution in [1.82, 2.24) is 0 Å². The normalized spacial score (nSPS) is 27.1. The molecule has 1 aliphatic carbocycles. The molecular formula is C15H21NO3S. The van der Waals surface area contributed by atoms with Crippen LogP contribution in [0.15, 0.2) is 29.2 Å². The van der Waals surface area contributed by atoms with Crippen molar-refractivity contribution in [2.45, 2.75) is 42.7 Å². The van der Waals surface area contributed by atoms with Crippen LogP contribution in [0.2, 0.25) is 0 Å².